The molecule has 1 rings (SSSR count). The second kappa shape index (κ2) is 3.80. The van der Waals surface area contributed by atoms with Crippen LogP contribution in [0.4, 0.5) is 0 Å². The van der Waals surface area contributed by atoms with Crippen LogP contribution < -0.4 is 22.1 Å². The number of hydrogen-bond donors (Lipinski definition) is 1. The molecule has 0 aliphatic carbocycles. The number of halogens is 1. The van der Waals surface area contributed by atoms with E-state index in [4.69, 9.17) is 0 Å². The molecule has 0 aromatic heterocycles. The van der Waals surface area contributed by atoms with E-state index in [-0.39, 0.29) is 17.0 Å². The Balaban J connectivity index is 0.000000360. The largest absolute Gasteiger partial charge is 1.00 e. The molecule has 0 aromatic rings. The maximum absolute atomic E-state index is 4.68. The van der Waals surface area contributed by atoms with Gasteiger partial charge in [-0.15, -0.1) is 5.11 Å². The maximum Gasteiger partial charge on any atom is 0.308 e. The summed E-state index contributed by atoms with van der Waals surface area (Å²) in [5, 5.41) is 6.22. The van der Waals surface area contributed by atoms with Gasteiger partial charge < -0.3 is 21.7 Å². The Hall–Kier alpha value is -0.380. The average Bonchev–Trinajstić information content (AvgIpc) is 1.72. The highest BCUT2D eigenvalue weighted by atomic mass is 79.9. The minimum Gasteiger partial charge on any atom is -1.00 e. The summed E-state index contributed by atoms with van der Waals surface area (Å²) >= 11 is 0. The molecular formula is C3H5BrN2O. The van der Waals surface area contributed by atoms with Crippen molar-refractivity contribution >= 4 is 0 Å². The van der Waals surface area contributed by atoms with Crippen molar-refractivity contribution in [2.75, 3.05) is 6.73 Å². The molecule has 0 saturated carbocycles. The summed E-state index contributed by atoms with van der Waals surface area (Å²) in [5.41, 5.74) is 0. The number of azo groups is 1. The molecule has 1 N–H and O–H groups in total. The molecule has 3 nitrogen and oxygen atoms in total. The molecule has 0 aromatic carbocycles. The summed E-state index contributed by atoms with van der Waals surface area (Å²) in [4.78, 5) is 0. The summed E-state index contributed by atoms with van der Waals surface area (Å²) < 4.78 is 4.68. The smallest absolute Gasteiger partial charge is 0.308 e. The van der Waals surface area contributed by atoms with E-state index in [1.54, 1.807) is 6.20 Å². The van der Waals surface area contributed by atoms with Gasteiger partial charge in [0, 0.05) is 0 Å². The van der Waals surface area contributed by atoms with E-state index in [0.717, 1.165) is 0 Å². The molecule has 40 valence electrons. The lowest BCUT2D eigenvalue weighted by Gasteiger charge is -1.87. The zero-order valence-electron chi connectivity index (χ0n) is 3.60. The van der Waals surface area contributed by atoms with Crippen LogP contribution in [0.1, 0.15) is 0 Å². The molecule has 0 spiro atoms. The van der Waals surface area contributed by atoms with Crippen LogP contribution in [0.25, 0.3) is 0 Å². The fraction of sp³-hybridized carbons (Fsp3) is 0.333. The second-order valence-electron chi connectivity index (χ2n) is 0.883. The maximum atomic E-state index is 4.68. The van der Waals surface area contributed by atoms with Crippen molar-refractivity contribution in [2.24, 2.45) is 5.11 Å². The number of rotatable bonds is 0. The fourth-order valence-corrected chi connectivity index (χ4v) is 0.249. The summed E-state index contributed by atoms with van der Waals surface area (Å²) in [6.45, 7) is 0.497. The molecule has 0 amide bonds. The van der Waals surface area contributed by atoms with Crippen molar-refractivity contribution in [2.45, 2.75) is 0 Å². The van der Waals surface area contributed by atoms with Crippen molar-refractivity contribution in [1.82, 2.24) is 0 Å². The summed E-state index contributed by atoms with van der Waals surface area (Å²) in [5.74, 6) is 0. The quantitative estimate of drug-likeness (QED) is 0.390. The van der Waals surface area contributed by atoms with Crippen LogP contribution in [-0.2, 0) is 4.74 Å². The van der Waals surface area contributed by atoms with Gasteiger partial charge in [-0.2, -0.15) is 0 Å². The third kappa shape index (κ3) is 2.33. The van der Waals surface area contributed by atoms with Gasteiger partial charge in [0.15, 0.2) is 0 Å². The number of hydrogen-bond acceptors (Lipinski definition) is 2. The van der Waals surface area contributed by atoms with E-state index in [1.165, 1.54) is 6.26 Å². The van der Waals surface area contributed by atoms with Gasteiger partial charge in [-0.25, -0.2) is 0 Å². The van der Waals surface area contributed by atoms with Gasteiger partial charge in [0.05, 0.1) is 0 Å². The Kier molecular flexibility index (Phi) is 3.59. The average molecular weight is 165 g/mol. The zero-order valence-corrected chi connectivity index (χ0v) is 5.18. The molecular weight excluding hydrogens is 160 g/mol. The summed E-state index contributed by atoms with van der Waals surface area (Å²) in [6.07, 6.45) is 3.10. The molecule has 1 aliphatic rings. The van der Waals surface area contributed by atoms with Gasteiger partial charge in [-0.1, -0.05) is 0 Å². The molecule has 0 unspecified atom stereocenters. The van der Waals surface area contributed by atoms with Gasteiger partial charge in [0.1, 0.15) is 12.5 Å². The molecule has 1 heterocycles. The van der Waals surface area contributed by atoms with E-state index in [2.05, 4.69) is 15.0 Å². The first-order valence-electron chi connectivity index (χ1n) is 1.69. The Labute approximate surface area is 51.8 Å². The minimum atomic E-state index is 0. The van der Waals surface area contributed by atoms with Crippen LogP contribution >= 0.6 is 0 Å². The monoisotopic (exact) mass is 164 g/mol. The van der Waals surface area contributed by atoms with Crippen LogP contribution in [0, 0.1) is 0 Å². The lowest BCUT2D eigenvalue weighted by molar-refractivity contribution is -0.571. The van der Waals surface area contributed by atoms with Crippen LogP contribution in [0.5, 0.6) is 0 Å². The van der Waals surface area contributed by atoms with Crippen LogP contribution in [0.3, 0.4) is 0 Å². The topological polar surface area (TPSA) is 35.6 Å². The normalized spacial score (nSPS) is 14.9. The van der Waals surface area contributed by atoms with E-state index >= 15 is 0 Å². The molecule has 1 aliphatic heterocycles. The number of ether oxygens (including phenoxy) is 1. The minimum absolute atomic E-state index is 0. The Morgan fingerprint density at radius 2 is 2.57 bits per heavy atom. The lowest BCUT2D eigenvalue weighted by Crippen LogP contribution is -3.00. The van der Waals surface area contributed by atoms with Gasteiger partial charge in [0.25, 0.3) is 0 Å². The molecule has 0 saturated heterocycles. The molecule has 0 radical (unpaired) electrons. The molecule has 0 bridgehead atoms. The van der Waals surface area contributed by atoms with Crippen molar-refractivity contribution in [3.05, 3.63) is 12.5 Å². The molecule has 7 heavy (non-hydrogen) atoms. The standard InChI is InChI=1S/C3H4N2O.BrH/c1-2-6-3-5-4-1;/h1-2H,3H2;1H. The lowest BCUT2D eigenvalue weighted by atomic mass is 11.0. The fourth-order valence-electron chi connectivity index (χ4n) is 0.249. The van der Waals surface area contributed by atoms with Crippen molar-refractivity contribution < 1.29 is 26.8 Å². The van der Waals surface area contributed by atoms with Gasteiger partial charge >= 0.3 is 6.73 Å². The Morgan fingerprint density at radius 3 is 2.71 bits per heavy atom. The predicted octanol–water partition coefficient (Wildman–Crippen LogP) is -4.02. The third-order valence-corrected chi connectivity index (χ3v) is 0.471. The first-order valence-corrected chi connectivity index (χ1v) is 1.69. The SMILES string of the molecule is C1=COC[NH+]=N1.[Br-]. The first-order chi connectivity index (χ1) is 3.00. The molecule has 0 fully saturated rings. The van der Waals surface area contributed by atoms with E-state index in [9.17, 15) is 0 Å². The van der Waals surface area contributed by atoms with Crippen molar-refractivity contribution in [3.63, 3.8) is 0 Å². The van der Waals surface area contributed by atoms with E-state index in [0.29, 0.717) is 6.73 Å². The zero-order chi connectivity index (χ0) is 4.24. The van der Waals surface area contributed by atoms with Crippen LogP contribution in [-0.4, -0.2) is 6.73 Å². The van der Waals surface area contributed by atoms with E-state index < -0.39 is 0 Å². The van der Waals surface area contributed by atoms with Gasteiger partial charge in [0.2, 0.25) is 0 Å². The third-order valence-electron chi connectivity index (χ3n) is 0.471. The Morgan fingerprint density at radius 1 is 1.71 bits per heavy atom. The van der Waals surface area contributed by atoms with Crippen LogP contribution in [0.2, 0.25) is 0 Å². The van der Waals surface area contributed by atoms with Crippen molar-refractivity contribution in [3.8, 4) is 0 Å². The summed E-state index contributed by atoms with van der Waals surface area (Å²) in [7, 11) is 0. The highest BCUT2D eigenvalue weighted by molar-refractivity contribution is 4.65. The predicted molar refractivity (Wildman–Crippen MR) is 18.5 cm³/mol. The van der Waals surface area contributed by atoms with E-state index in [1.807, 2.05) is 0 Å². The second-order valence-corrected chi connectivity index (χ2v) is 0.883. The first kappa shape index (κ1) is 6.62. The van der Waals surface area contributed by atoms with Gasteiger partial charge in [-0.05, 0) is 5.11 Å². The highest BCUT2D eigenvalue weighted by Crippen LogP contribution is 1.73. The molecule has 4 heteroatoms. The van der Waals surface area contributed by atoms with Crippen LogP contribution in [0.15, 0.2) is 17.6 Å². The van der Waals surface area contributed by atoms with Crippen molar-refractivity contribution in [1.29, 1.82) is 0 Å². The number of nitrogens with one attached hydrogen (secondary N) is 1. The summed E-state index contributed by atoms with van der Waals surface area (Å²) in [6, 6.07) is 0. The number of nitrogens with zero attached hydrogens (tertiary/aromatic N) is 1. The van der Waals surface area contributed by atoms with Gasteiger partial charge in [-0.3, -0.25) is 0 Å². The Bertz CT molecular complexity index is 78.9. The molecule has 0 atom stereocenters. The highest BCUT2D eigenvalue weighted by Gasteiger charge is 1.84.